The Labute approximate surface area is 141 Å². The number of benzene rings is 1. The van der Waals surface area contributed by atoms with Crippen LogP contribution < -0.4 is 15.4 Å². The highest BCUT2D eigenvalue weighted by Gasteiger charge is 2.00. The average Bonchev–Trinajstić information content (AvgIpc) is 2.66. The molecule has 0 unspecified atom stereocenters. The van der Waals surface area contributed by atoms with Crippen molar-refractivity contribution in [3.8, 4) is 5.75 Å². The molecule has 0 atom stereocenters. The van der Waals surface area contributed by atoms with Crippen molar-refractivity contribution in [1.82, 2.24) is 15.0 Å². The summed E-state index contributed by atoms with van der Waals surface area (Å²) in [7, 11) is 1.66. The average molecular weight is 321 g/mol. The van der Waals surface area contributed by atoms with Crippen LogP contribution in [-0.4, -0.2) is 22.1 Å². The van der Waals surface area contributed by atoms with Crippen molar-refractivity contribution in [2.75, 3.05) is 17.7 Å². The molecular formula is C18H19N5O. The molecule has 24 heavy (non-hydrogen) atoms. The number of hydrogen-bond acceptors (Lipinski definition) is 6. The third kappa shape index (κ3) is 4.42. The Kier molecular flexibility index (Phi) is 5.19. The fraction of sp³-hybridized carbons (Fsp3) is 0.167. The maximum absolute atomic E-state index is 5.15. The number of methoxy groups -OCH3 is 1. The number of nitrogens with zero attached hydrogens (tertiary/aromatic N) is 3. The summed E-state index contributed by atoms with van der Waals surface area (Å²) in [6.07, 6.45) is 5.29. The molecule has 0 fully saturated rings. The molecule has 0 saturated heterocycles. The van der Waals surface area contributed by atoms with Crippen LogP contribution in [0.1, 0.15) is 11.1 Å². The zero-order chi connectivity index (χ0) is 16.6. The van der Waals surface area contributed by atoms with Gasteiger partial charge in [0.2, 0.25) is 5.95 Å². The largest absolute Gasteiger partial charge is 0.497 e. The van der Waals surface area contributed by atoms with Crippen molar-refractivity contribution < 1.29 is 4.74 Å². The number of nitrogens with one attached hydrogen (secondary N) is 2. The van der Waals surface area contributed by atoms with E-state index in [0.29, 0.717) is 19.0 Å². The molecule has 3 rings (SSSR count). The molecule has 122 valence electrons. The second kappa shape index (κ2) is 7.92. The van der Waals surface area contributed by atoms with Gasteiger partial charge in [0, 0.05) is 31.7 Å². The van der Waals surface area contributed by atoms with E-state index in [4.69, 9.17) is 4.74 Å². The van der Waals surface area contributed by atoms with Crippen LogP contribution in [0, 0.1) is 0 Å². The minimum absolute atomic E-state index is 0.588. The van der Waals surface area contributed by atoms with E-state index in [1.54, 1.807) is 25.7 Å². The molecule has 6 nitrogen and oxygen atoms in total. The van der Waals surface area contributed by atoms with Crippen molar-refractivity contribution in [2.45, 2.75) is 13.1 Å². The Hall–Kier alpha value is -3.15. The first-order chi connectivity index (χ1) is 11.8. The molecule has 1 aromatic carbocycles. The fourth-order valence-electron chi connectivity index (χ4n) is 2.16. The maximum Gasteiger partial charge on any atom is 0.224 e. The van der Waals surface area contributed by atoms with Crippen LogP contribution in [0.5, 0.6) is 5.75 Å². The van der Waals surface area contributed by atoms with Gasteiger partial charge in [-0.25, -0.2) is 4.98 Å². The minimum Gasteiger partial charge on any atom is -0.497 e. The molecular weight excluding hydrogens is 302 g/mol. The van der Waals surface area contributed by atoms with E-state index in [0.717, 1.165) is 22.7 Å². The first-order valence-corrected chi connectivity index (χ1v) is 7.66. The molecule has 0 aliphatic rings. The second-order valence-electron chi connectivity index (χ2n) is 5.18. The molecule has 2 aromatic heterocycles. The van der Waals surface area contributed by atoms with Crippen LogP contribution in [-0.2, 0) is 13.1 Å². The van der Waals surface area contributed by atoms with Gasteiger partial charge in [0.1, 0.15) is 11.6 Å². The van der Waals surface area contributed by atoms with Gasteiger partial charge in [-0.1, -0.05) is 12.1 Å². The molecule has 0 aliphatic heterocycles. The van der Waals surface area contributed by atoms with E-state index < -0.39 is 0 Å². The van der Waals surface area contributed by atoms with Gasteiger partial charge in [-0.3, -0.25) is 4.98 Å². The number of rotatable bonds is 7. The molecule has 6 heteroatoms. The molecule has 3 aromatic rings. The summed E-state index contributed by atoms with van der Waals surface area (Å²) in [4.78, 5) is 12.7. The third-order valence-corrected chi connectivity index (χ3v) is 3.49. The van der Waals surface area contributed by atoms with E-state index in [2.05, 4.69) is 25.6 Å². The van der Waals surface area contributed by atoms with E-state index in [1.807, 2.05) is 42.5 Å². The predicted molar refractivity (Wildman–Crippen MR) is 93.9 cm³/mol. The summed E-state index contributed by atoms with van der Waals surface area (Å²) < 4.78 is 5.15. The van der Waals surface area contributed by atoms with Crippen molar-refractivity contribution in [3.63, 3.8) is 0 Å². The third-order valence-electron chi connectivity index (χ3n) is 3.49. The van der Waals surface area contributed by atoms with E-state index in [9.17, 15) is 0 Å². The Morgan fingerprint density at radius 3 is 2.29 bits per heavy atom. The summed E-state index contributed by atoms with van der Waals surface area (Å²) in [5, 5.41) is 6.50. The number of pyridine rings is 1. The van der Waals surface area contributed by atoms with Crippen LogP contribution in [0.4, 0.5) is 11.8 Å². The smallest absolute Gasteiger partial charge is 0.224 e. The normalized spacial score (nSPS) is 10.2. The minimum atomic E-state index is 0.588. The lowest BCUT2D eigenvalue weighted by Gasteiger charge is -2.09. The highest BCUT2D eigenvalue weighted by Crippen LogP contribution is 2.13. The number of ether oxygens (including phenoxy) is 1. The molecule has 0 radical (unpaired) electrons. The van der Waals surface area contributed by atoms with Crippen molar-refractivity contribution >= 4 is 11.8 Å². The van der Waals surface area contributed by atoms with Gasteiger partial charge in [0.05, 0.1) is 7.11 Å². The zero-order valence-electron chi connectivity index (χ0n) is 13.4. The monoisotopic (exact) mass is 321 g/mol. The van der Waals surface area contributed by atoms with Gasteiger partial charge >= 0.3 is 0 Å². The SMILES string of the molecule is COc1ccc(CNc2nccc(NCc3ccncc3)n2)cc1. The fourth-order valence-corrected chi connectivity index (χ4v) is 2.16. The highest BCUT2D eigenvalue weighted by atomic mass is 16.5. The van der Waals surface area contributed by atoms with Crippen LogP contribution in [0.25, 0.3) is 0 Å². The van der Waals surface area contributed by atoms with Crippen LogP contribution in [0.3, 0.4) is 0 Å². The molecule has 2 N–H and O–H groups in total. The molecule has 0 aliphatic carbocycles. The van der Waals surface area contributed by atoms with Crippen LogP contribution in [0.15, 0.2) is 61.1 Å². The Balaban J connectivity index is 1.56. The Morgan fingerprint density at radius 2 is 1.54 bits per heavy atom. The lowest BCUT2D eigenvalue weighted by molar-refractivity contribution is 0.414. The van der Waals surface area contributed by atoms with E-state index >= 15 is 0 Å². The van der Waals surface area contributed by atoms with Crippen molar-refractivity contribution in [2.24, 2.45) is 0 Å². The summed E-state index contributed by atoms with van der Waals surface area (Å²) >= 11 is 0. The molecule has 0 amide bonds. The maximum atomic E-state index is 5.15. The lowest BCUT2D eigenvalue weighted by atomic mass is 10.2. The molecule has 0 spiro atoms. The van der Waals surface area contributed by atoms with Gasteiger partial charge in [-0.15, -0.1) is 0 Å². The topological polar surface area (TPSA) is 72.0 Å². The van der Waals surface area contributed by atoms with Gasteiger partial charge in [-0.05, 0) is 41.5 Å². The molecule has 0 bridgehead atoms. The van der Waals surface area contributed by atoms with E-state index in [-0.39, 0.29) is 0 Å². The Bertz CT molecular complexity index is 762. The first kappa shape index (κ1) is 15.7. The number of anilines is 2. The highest BCUT2D eigenvalue weighted by molar-refractivity contribution is 5.40. The number of hydrogen-bond donors (Lipinski definition) is 2. The van der Waals surface area contributed by atoms with Gasteiger partial charge in [0.15, 0.2) is 0 Å². The van der Waals surface area contributed by atoms with Gasteiger partial charge < -0.3 is 15.4 Å². The summed E-state index contributed by atoms with van der Waals surface area (Å²) in [6, 6.07) is 13.7. The summed E-state index contributed by atoms with van der Waals surface area (Å²) in [5.74, 6) is 2.21. The van der Waals surface area contributed by atoms with Crippen LogP contribution in [0.2, 0.25) is 0 Å². The first-order valence-electron chi connectivity index (χ1n) is 7.66. The number of aromatic nitrogens is 3. The summed E-state index contributed by atoms with van der Waals surface area (Å²) in [5.41, 5.74) is 2.28. The molecule has 0 saturated carbocycles. The van der Waals surface area contributed by atoms with Gasteiger partial charge in [0.25, 0.3) is 0 Å². The van der Waals surface area contributed by atoms with Gasteiger partial charge in [-0.2, -0.15) is 4.98 Å². The molecule has 2 heterocycles. The standard InChI is InChI=1S/C18H19N5O/c1-24-16-4-2-14(3-5-16)13-22-18-20-11-8-17(23-18)21-12-15-6-9-19-10-7-15/h2-11H,12-13H2,1H3,(H2,20,21,22,23). The van der Waals surface area contributed by atoms with Crippen LogP contribution >= 0.6 is 0 Å². The quantitative estimate of drug-likeness (QED) is 0.697. The predicted octanol–water partition coefficient (Wildman–Crippen LogP) is 3.10. The lowest BCUT2D eigenvalue weighted by Crippen LogP contribution is -2.06. The Morgan fingerprint density at radius 1 is 0.833 bits per heavy atom. The zero-order valence-corrected chi connectivity index (χ0v) is 13.4. The van der Waals surface area contributed by atoms with E-state index in [1.165, 1.54) is 0 Å². The summed E-state index contributed by atoms with van der Waals surface area (Å²) in [6.45, 7) is 1.34. The van der Waals surface area contributed by atoms with Crippen molar-refractivity contribution in [1.29, 1.82) is 0 Å². The van der Waals surface area contributed by atoms with Crippen molar-refractivity contribution in [3.05, 3.63) is 72.2 Å². The second-order valence-corrected chi connectivity index (χ2v) is 5.18.